The first kappa shape index (κ1) is 12.9. The third-order valence-corrected chi connectivity index (χ3v) is 4.14. The molecule has 0 atom stereocenters. The van der Waals surface area contributed by atoms with E-state index in [1.807, 2.05) is 12.1 Å². The standard InChI is InChI=1S/C15H22N2O2/c1-7-16-8-2-14(1)19-15-3-9-17(10-4-15)13-5-11-18-12-6-13/h1-2,7-8,13,15H,3-6,9-12H2. The van der Waals surface area contributed by atoms with Crippen LogP contribution in [0.5, 0.6) is 5.75 Å². The molecule has 0 bridgehead atoms. The average Bonchev–Trinajstić information content (AvgIpc) is 2.50. The number of rotatable bonds is 3. The van der Waals surface area contributed by atoms with E-state index in [4.69, 9.17) is 9.47 Å². The molecule has 2 saturated heterocycles. The van der Waals surface area contributed by atoms with E-state index in [1.165, 1.54) is 12.8 Å². The molecule has 3 heterocycles. The van der Waals surface area contributed by atoms with Crippen LogP contribution in [0.1, 0.15) is 25.7 Å². The van der Waals surface area contributed by atoms with E-state index >= 15 is 0 Å². The smallest absolute Gasteiger partial charge is 0.122 e. The number of likely N-dealkylation sites (tertiary alicyclic amines) is 1. The van der Waals surface area contributed by atoms with Crippen LogP contribution >= 0.6 is 0 Å². The molecule has 0 unspecified atom stereocenters. The molecule has 0 radical (unpaired) electrons. The number of nitrogens with zero attached hydrogens (tertiary/aromatic N) is 2. The molecule has 19 heavy (non-hydrogen) atoms. The quantitative estimate of drug-likeness (QED) is 0.835. The Morgan fingerprint density at radius 1 is 1.05 bits per heavy atom. The summed E-state index contributed by atoms with van der Waals surface area (Å²) in [5, 5.41) is 0. The van der Waals surface area contributed by atoms with Gasteiger partial charge in [0.05, 0.1) is 0 Å². The Balaban J connectivity index is 1.46. The molecule has 0 spiro atoms. The van der Waals surface area contributed by atoms with Crippen molar-refractivity contribution >= 4 is 0 Å². The molecule has 0 N–H and O–H groups in total. The summed E-state index contributed by atoms with van der Waals surface area (Å²) >= 11 is 0. The summed E-state index contributed by atoms with van der Waals surface area (Å²) in [5.41, 5.74) is 0. The average molecular weight is 262 g/mol. The van der Waals surface area contributed by atoms with Crippen molar-refractivity contribution in [1.82, 2.24) is 9.88 Å². The number of pyridine rings is 1. The Morgan fingerprint density at radius 3 is 2.42 bits per heavy atom. The molecule has 104 valence electrons. The molecule has 0 saturated carbocycles. The predicted octanol–water partition coefficient (Wildman–Crippen LogP) is 2.10. The van der Waals surface area contributed by atoms with Gasteiger partial charge < -0.3 is 9.47 Å². The van der Waals surface area contributed by atoms with E-state index in [0.29, 0.717) is 6.10 Å². The van der Waals surface area contributed by atoms with Crippen LogP contribution in [0.25, 0.3) is 0 Å². The molecule has 2 aliphatic heterocycles. The van der Waals surface area contributed by atoms with Gasteiger partial charge in [-0.1, -0.05) is 0 Å². The molecule has 0 amide bonds. The lowest BCUT2D eigenvalue weighted by Gasteiger charge is -2.39. The Hall–Kier alpha value is -1.13. The van der Waals surface area contributed by atoms with E-state index in [-0.39, 0.29) is 0 Å². The number of aromatic nitrogens is 1. The topological polar surface area (TPSA) is 34.6 Å². The molecule has 1 aromatic rings. The first-order chi connectivity index (χ1) is 9.42. The third kappa shape index (κ3) is 3.45. The summed E-state index contributed by atoms with van der Waals surface area (Å²) in [5.74, 6) is 0.944. The molecule has 4 heteroatoms. The van der Waals surface area contributed by atoms with Crippen molar-refractivity contribution in [2.24, 2.45) is 0 Å². The maximum Gasteiger partial charge on any atom is 0.122 e. The molecule has 0 aliphatic carbocycles. The SMILES string of the molecule is c1cc(OC2CCN(C3CCOCC3)CC2)ccn1. The van der Waals surface area contributed by atoms with Gasteiger partial charge in [0.2, 0.25) is 0 Å². The molecular formula is C15H22N2O2. The van der Waals surface area contributed by atoms with Crippen LogP contribution in [0.15, 0.2) is 24.5 Å². The fourth-order valence-electron chi connectivity index (χ4n) is 3.02. The van der Waals surface area contributed by atoms with Crippen molar-refractivity contribution < 1.29 is 9.47 Å². The molecule has 2 aliphatic rings. The highest BCUT2D eigenvalue weighted by atomic mass is 16.5. The van der Waals surface area contributed by atoms with Gasteiger partial charge in [-0.25, -0.2) is 0 Å². The third-order valence-electron chi connectivity index (χ3n) is 4.14. The molecule has 0 aromatic carbocycles. The van der Waals surface area contributed by atoms with E-state index in [9.17, 15) is 0 Å². The van der Waals surface area contributed by atoms with Gasteiger partial charge in [0.1, 0.15) is 11.9 Å². The van der Waals surface area contributed by atoms with Gasteiger partial charge in [0.15, 0.2) is 0 Å². The van der Waals surface area contributed by atoms with Crippen LogP contribution in [0.2, 0.25) is 0 Å². The zero-order valence-electron chi connectivity index (χ0n) is 11.3. The van der Waals surface area contributed by atoms with Crippen molar-refractivity contribution in [3.63, 3.8) is 0 Å². The largest absolute Gasteiger partial charge is 0.490 e. The Bertz CT molecular complexity index is 371. The predicted molar refractivity (Wildman–Crippen MR) is 73.3 cm³/mol. The second-order valence-electron chi connectivity index (χ2n) is 5.38. The van der Waals surface area contributed by atoms with Crippen molar-refractivity contribution in [3.05, 3.63) is 24.5 Å². The zero-order valence-corrected chi connectivity index (χ0v) is 11.3. The Kier molecular flexibility index (Phi) is 4.30. The van der Waals surface area contributed by atoms with Crippen LogP contribution in [-0.2, 0) is 4.74 Å². The van der Waals surface area contributed by atoms with Crippen LogP contribution in [-0.4, -0.2) is 48.3 Å². The normalized spacial score (nSPS) is 23.4. The van der Waals surface area contributed by atoms with Crippen LogP contribution in [0.4, 0.5) is 0 Å². The zero-order chi connectivity index (χ0) is 12.9. The van der Waals surface area contributed by atoms with Crippen LogP contribution < -0.4 is 4.74 Å². The second-order valence-corrected chi connectivity index (χ2v) is 5.38. The second kappa shape index (κ2) is 6.35. The van der Waals surface area contributed by atoms with E-state index in [2.05, 4.69) is 9.88 Å². The molecular weight excluding hydrogens is 240 g/mol. The Labute approximate surface area is 114 Å². The van der Waals surface area contributed by atoms with Crippen LogP contribution in [0.3, 0.4) is 0 Å². The summed E-state index contributed by atoms with van der Waals surface area (Å²) in [7, 11) is 0. The van der Waals surface area contributed by atoms with E-state index in [1.54, 1.807) is 12.4 Å². The van der Waals surface area contributed by atoms with Crippen molar-refractivity contribution in [3.8, 4) is 5.75 Å². The molecule has 4 nitrogen and oxygen atoms in total. The highest BCUT2D eigenvalue weighted by molar-refractivity contribution is 5.17. The highest BCUT2D eigenvalue weighted by Crippen LogP contribution is 2.22. The lowest BCUT2D eigenvalue weighted by Crippen LogP contribution is -2.46. The lowest BCUT2D eigenvalue weighted by molar-refractivity contribution is 0.0101. The molecule has 2 fully saturated rings. The van der Waals surface area contributed by atoms with Gasteiger partial charge in [-0.2, -0.15) is 0 Å². The molecule has 1 aromatic heterocycles. The first-order valence-corrected chi connectivity index (χ1v) is 7.30. The minimum absolute atomic E-state index is 0.360. The minimum atomic E-state index is 0.360. The monoisotopic (exact) mass is 262 g/mol. The molecule has 3 rings (SSSR count). The van der Waals surface area contributed by atoms with Gasteiger partial charge in [-0.15, -0.1) is 0 Å². The van der Waals surface area contributed by atoms with Crippen LogP contribution in [0, 0.1) is 0 Å². The lowest BCUT2D eigenvalue weighted by atomic mass is 10.0. The fourth-order valence-corrected chi connectivity index (χ4v) is 3.02. The fraction of sp³-hybridized carbons (Fsp3) is 0.667. The summed E-state index contributed by atoms with van der Waals surface area (Å²) in [4.78, 5) is 6.63. The van der Waals surface area contributed by atoms with E-state index < -0.39 is 0 Å². The van der Waals surface area contributed by atoms with E-state index in [0.717, 1.165) is 50.9 Å². The maximum atomic E-state index is 6.00. The van der Waals surface area contributed by atoms with Gasteiger partial charge in [-0.3, -0.25) is 9.88 Å². The number of ether oxygens (including phenoxy) is 2. The number of hydrogen-bond acceptors (Lipinski definition) is 4. The van der Waals surface area contributed by atoms with Gasteiger partial charge in [0, 0.05) is 44.7 Å². The van der Waals surface area contributed by atoms with Crippen molar-refractivity contribution in [2.75, 3.05) is 26.3 Å². The number of hydrogen-bond donors (Lipinski definition) is 0. The first-order valence-electron chi connectivity index (χ1n) is 7.30. The summed E-state index contributed by atoms with van der Waals surface area (Å²) in [6.45, 7) is 4.16. The summed E-state index contributed by atoms with van der Waals surface area (Å²) < 4.78 is 11.4. The number of piperidine rings is 1. The summed E-state index contributed by atoms with van der Waals surface area (Å²) in [6, 6.07) is 4.60. The van der Waals surface area contributed by atoms with Gasteiger partial charge >= 0.3 is 0 Å². The summed E-state index contributed by atoms with van der Waals surface area (Å²) in [6.07, 6.45) is 8.56. The van der Waals surface area contributed by atoms with Gasteiger partial charge in [-0.05, 0) is 37.8 Å². The minimum Gasteiger partial charge on any atom is -0.490 e. The maximum absolute atomic E-state index is 6.00. The Morgan fingerprint density at radius 2 is 1.74 bits per heavy atom. The highest BCUT2D eigenvalue weighted by Gasteiger charge is 2.27. The van der Waals surface area contributed by atoms with Crippen molar-refractivity contribution in [2.45, 2.75) is 37.8 Å². The van der Waals surface area contributed by atoms with Gasteiger partial charge in [0.25, 0.3) is 0 Å². The van der Waals surface area contributed by atoms with Crippen molar-refractivity contribution in [1.29, 1.82) is 0 Å².